The van der Waals surface area contributed by atoms with Gasteiger partial charge in [-0.15, -0.1) is 0 Å². The molecule has 0 amide bonds. The predicted molar refractivity (Wildman–Crippen MR) is 83.5 cm³/mol. The normalized spacial score (nSPS) is 35.2. The lowest BCUT2D eigenvalue weighted by Gasteiger charge is -2.50. The molecule has 1 aliphatic carbocycles. The van der Waals surface area contributed by atoms with E-state index in [9.17, 15) is 9.59 Å². The van der Waals surface area contributed by atoms with Crippen molar-refractivity contribution in [1.82, 2.24) is 4.90 Å². The highest BCUT2D eigenvalue weighted by molar-refractivity contribution is 5.93. The van der Waals surface area contributed by atoms with Crippen LogP contribution < -0.4 is 0 Å². The summed E-state index contributed by atoms with van der Waals surface area (Å²) in [5.74, 6) is -0.326. The van der Waals surface area contributed by atoms with Crippen LogP contribution in [0.3, 0.4) is 0 Å². The van der Waals surface area contributed by atoms with Crippen LogP contribution >= 0.6 is 0 Å². The second-order valence-corrected chi connectivity index (χ2v) is 6.88. The molecule has 22 heavy (non-hydrogen) atoms. The summed E-state index contributed by atoms with van der Waals surface area (Å²) in [7, 11) is 3.40. The van der Waals surface area contributed by atoms with Crippen LogP contribution in [0.1, 0.15) is 25.3 Å². The molecule has 2 unspecified atom stereocenters. The van der Waals surface area contributed by atoms with Crippen molar-refractivity contribution in [3.63, 3.8) is 0 Å². The zero-order chi connectivity index (χ0) is 16.0. The lowest BCUT2D eigenvalue weighted by Crippen LogP contribution is -2.59. The molecule has 0 aromatic heterocycles. The van der Waals surface area contributed by atoms with Crippen molar-refractivity contribution in [2.24, 2.45) is 11.3 Å². The Morgan fingerprint density at radius 3 is 2.64 bits per heavy atom. The number of hydrogen-bond donors (Lipinski definition) is 0. The molecule has 0 N–H and O–H groups in total. The highest BCUT2D eigenvalue weighted by atomic mass is 16.5. The maximum absolute atomic E-state index is 12.8. The number of benzene rings is 1. The maximum Gasteiger partial charge on any atom is 0.314 e. The first-order valence-corrected chi connectivity index (χ1v) is 7.81. The summed E-state index contributed by atoms with van der Waals surface area (Å²) in [6.45, 7) is 3.33. The minimum atomic E-state index is -0.785. The first-order valence-electron chi connectivity index (χ1n) is 7.81. The average Bonchev–Trinajstić information content (AvgIpc) is 2.91. The number of rotatable bonds is 2. The van der Waals surface area contributed by atoms with E-state index in [1.807, 2.05) is 25.2 Å². The van der Waals surface area contributed by atoms with E-state index in [0.717, 1.165) is 5.56 Å². The van der Waals surface area contributed by atoms with Crippen LogP contribution in [-0.4, -0.2) is 43.9 Å². The van der Waals surface area contributed by atoms with Crippen molar-refractivity contribution in [3.05, 3.63) is 35.9 Å². The monoisotopic (exact) mass is 301 g/mol. The van der Waals surface area contributed by atoms with Crippen molar-refractivity contribution in [2.75, 3.05) is 27.2 Å². The van der Waals surface area contributed by atoms with Gasteiger partial charge in [0.1, 0.15) is 11.2 Å². The highest BCUT2D eigenvalue weighted by Gasteiger charge is 2.66. The minimum absolute atomic E-state index is 0.197. The molecule has 1 saturated carbocycles. The van der Waals surface area contributed by atoms with Crippen molar-refractivity contribution >= 4 is 11.8 Å². The SMILES string of the molecule is COC(=O)C12CN(C)CC1C(=O)CC[C@]2(C)c1ccccc1. The Labute approximate surface area is 131 Å². The number of nitrogens with zero attached hydrogens (tertiary/aromatic N) is 1. The fourth-order valence-electron chi connectivity index (χ4n) is 4.60. The number of esters is 1. The molecular weight excluding hydrogens is 278 g/mol. The summed E-state index contributed by atoms with van der Waals surface area (Å²) >= 11 is 0. The van der Waals surface area contributed by atoms with Crippen LogP contribution in [0.5, 0.6) is 0 Å². The average molecular weight is 301 g/mol. The van der Waals surface area contributed by atoms with E-state index in [1.54, 1.807) is 0 Å². The molecule has 3 rings (SSSR count). The third-order valence-corrected chi connectivity index (χ3v) is 5.81. The summed E-state index contributed by atoms with van der Waals surface area (Å²) in [5.41, 5.74) is -0.0501. The topological polar surface area (TPSA) is 46.6 Å². The lowest BCUT2D eigenvalue weighted by molar-refractivity contribution is -0.166. The van der Waals surface area contributed by atoms with Gasteiger partial charge in [0.05, 0.1) is 7.11 Å². The van der Waals surface area contributed by atoms with Crippen LogP contribution in [0, 0.1) is 11.3 Å². The third-order valence-electron chi connectivity index (χ3n) is 5.81. The third kappa shape index (κ3) is 1.86. The molecule has 118 valence electrons. The first kappa shape index (κ1) is 15.2. The van der Waals surface area contributed by atoms with Crippen molar-refractivity contribution < 1.29 is 14.3 Å². The van der Waals surface area contributed by atoms with E-state index in [0.29, 0.717) is 25.9 Å². The molecule has 0 radical (unpaired) electrons. The number of ketones is 1. The summed E-state index contributed by atoms with van der Waals surface area (Å²) in [6.07, 6.45) is 1.22. The highest BCUT2D eigenvalue weighted by Crippen LogP contribution is 2.57. The Morgan fingerprint density at radius 1 is 1.32 bits per heavy atom. The summed E-state index contributed by atoms with van der Waals surface area (Å²) in [5, 5.41) is 0. The van der Waals surface area contributed by atoms with Crippen LogP contribution in [0.15, 0.2) is 30.3 Å². The van der Waals surface area contributed by atoms with E-state index < -0.39 is 5.41 Å². The number of Topliss-reactive ketones (excluding diaryl/α,β-unsaturated/α-hetero) is 1. The smallest absolute Gasteiger partial charge is 0.314 e. The quantitative estimate of drug-likeness (QED) is 0.784. The Hall–Kier alpha value is -1.68. The van der Waals surface area contributed by atoms with Crippen LogP contribution in [0.25, 0.3) is 0 Å². The van der Waals surface area contributed by atoms with Gasteiger partial charge in [-0.25, -0.2) is 0 Å². The Bertz CT molecular complexity index is 600. The van der Waals surface area contributed by atoms with Crippen molar-refractivity contribution in [1.29, 1.82) is 0 Å². The van der Waals surface area contributed by atoms with Gasteiger partial charge in [-0.1, -0.05) is 37.3 Å². The summed E-state index contributed by atoms with van der Waals surface area (Å²) in [4.78, 5) is 27.5. The van der Waals surface area contributed by atoms with Gasteiger partial charge in [0.15, 0.2) is 0 Å². The van der Waals surface area contributed by atoms with Crippen LogP contribution in [0.2, 0.25) is 0 Å². The molecule has 3 atom stereocenters. The van der Waals surface area contributed by atoms with Gasteiger partial charge >= 0.3 is 5.97 Å². The van der Waals surface area contributed by atoms with Gasteiger partial charge in [-0.05, 0) is 19.0 Å². The van der Waals surface area contributed by atoms with Crippen LogP contribution in [0.4, 0.5) is 0 Å². The van der Waals surface area contributed by atoms with Gasteiger partial charge in [-0.3, -0.25) is 9.59 Å². The molecule has 0 bridgehead atoms. The second-order valence-electron chi connectivity index (χ2n) is 6.88. The zero-order valence-electron chi connectivity index (χ0n) is 13.5. The van der Waals surface area contributed by atoms with Crippen molar-refractivity contribution in [2.45, 2.75) is 25.2 Å². The maximum atomic E-state index is 12.8. The number of carbonyl (C=O) groups is 2. The number of hydrogen-bond acceptors (Lipinski definition) is 4. The molecule has 1 saturated heterocycles. The molecule has 2 aliphatic rings. The van der Waals surface area contributed by atoms with Gasteiger partial charge in [0.25, 0.3) is 0 Å². The zero-order valence-corrected chi connectivity index (χ0v) is 13.5. The number of ether oxygens (including phenoxy) is 1. The predicted octanol–water partition coefficient (Wildman–Crippen LogP) is 2.03. The minimum Gasteiger partial charge on any atom is -0.469 e. The number of methoxy groups -OCH3 is 1. The van der Waals surface area contributed by atoms with E-state index in [1.165, 1.54) is 7.11 Å². The number of likely N-dealkylation sites (tertiary alicyclic amines) is 1. The Balaban J connectivity index is 2.20. The van der Waals surface area contributed by atoms with E-state index >= 15 is 0 Å². The Morgan fingerprint density at radius 2 is 2.00 bits per heavy atom. The van der Waals surface area contributed by atoms with E-state index in [4.69, 9.17) is 4.74 Å². The van der Waals surface area contributed by atoms with Crippen molar-refractivity contribution in [3.8, 4) is 0 Å². The molecule has 0 spiro atoms. The second kappa shape index (κ2) is 5.20. The fraction of sp³-hybridized carbons (Fsp3) is 0.556. The first-order chi connectivity index (χ1) is 10.5. The largest absolute Gasteiger partial charge is 0.469 e. The van der Waals surface area contributed by atoms with Gasteiger partial charge < -0.3 is 9.64 Å². The summed E-state index contributed by atoms with van der Waals surface area (Å²) < 4.78 is 5.19. The molecule has 4 heteroatoms. The lowest BCUT2D eigenvalue weighted by atomic mass is 9.50. The molecule has 1 heterocycles. The van der Waals surface area contributed by atoms with Gasteiger partial charge in [0.2, 0.25) is 0 Å². The molecular formula is C18H23NO3. The fourth-order valence-corrected chi connectivity index (χ4v) is 4.60. The van der Waals surface area contributed by atoms with Crippen LogP contribution in [-0.2, 0) is 19.7 Å². The molecule has 1 aromatic carbocycles. The van der Waals surface area contributed by atoms with E-state index in [2.05, 4.69) is 24.0 Å². The van der Waals surface area contributed by atoms with Gasteiger partial charge in [0, 0.05) is 30.8 Å². The molecule has 1 aliphatic heterocycles. The Kier molecular flexibility index (Phi) is 3.60. The molecule has 4 nitrogen and oxygen atoms in total. The number of carbonyl (C=O) groups excluding carboxylic acids is 2. The van der Waals surface area contributed by atoms with Gasteiger partial charge in [-0.2, -0.15) is 0 Å². The number of fused-ring (bicyclic) bond motifs is 1. The molecule has 1 aromatic rings. The van der Waals surface area contributed by atoms with E-state index in [-0.39, 0.29) is 23.1 Å². The standard InChI is InChI=1S/C18H23NO3/c1-17(13-7-5-4-6-8-13)10-9-15(20)14-11-19(2)12-18(14,17)16(21)22-3/h4-8,14H,9-12H2,1-3H3/t14?,17-,18?/m1/s1. The summed E-state index contributed by atoms with van der Waals surface area (Å²) in [6, 6.07) is 10.1. The molecule has 2 fully saturated rings.